The van der Waals surface area contributed by atoms with Crippen LogP contribution in [-0.2, 0) is 9.53 Å². The first-order valence-electron chi connectivity index (χ1n) is 6.81. The van der Waals surface area contributed by atoms with Crippen LogP contribution in [0.1, 0.15) is 39.0 Å². The van der Waals surface area contributed by atoms with Gasteiger partial charge in [-0.1, -0.05) is 12.5 Å². The highest BCUT2D eigenvalue weighted by Gasteiger charge is 2.21. The van der Waals surface area contributed by atoms with Crippen molar-refractivity contribution in [2.24, 2.45) is 5.92 Å². The second kappa shape index (κ2) is 8.27. The Hall–Kier alpha value is -0.870. The van der Waals surface area contributed by atoms with Gasteiger partial charge in [-0.3, -0.25) is 4.79 Å². The van der Waals surface area contributed by atoms with Crippen LogP contribution in [0.5, 0.6) is 0 Å². The molecular formula is C14H25NO3. The van der Waals surface area contributed by atoms with Crippen molar-refractivity contribution in [1.82, 2.24) is 5.32 Å². The number of nitrogens with one attached hydrogen (secondary N) is 1. The third kappa shape index (κ3) is 5.65. The summed E-state index contributed by atoms with van der Waals surface area (Å²) in [7, 11) is 0. The standard InChI is InChI=1S/C14H25NO3/c1-3-4-8-18-11(2)14(17)15-10-12-6-5-7-13(16)9-12/h3,11-13,16H,1,4-10H2,2H3,(H,15,17). The number of hydrogen-bond acceptors (Lipinski definition) is 3. The fraction of sp³-hybridized carbons (Fsp3) is 0.786. The van der Waals surface area contributed by atoms with Gasteiger partial charge in [-0.2, -0.15) is 0 Å². The molecule has 0 aromatic heterocycles. The molecule has 4 heteroatoms. The normalized spacial score (nSPS) is 25.4. The Balaban J connectivity index is 2.17. The zero-order valence-corrected chi connectivity index (χ0v) is 11.2. The van der Waals surface area contributed by atoms with Gasteiger partial charge < -0.3 is 15.2 Å². The highest BCUT2D eigenvalue weighted by atomic mass is 16.5. The van der Waals surface area contributed by atoms with Gasteiger partial charge in [0.2, 0.25) is 5.91 Å². The average Bonchev–Trinajstić information content (AvgIpc) is 2.36. The number of amides is 1. The van der Waals surface area contributed by atoms with Crippen LogP contribution in [0.2, 0.25) is 0 Å². The summed E-state index contributed by atoms with van der Waals surface area (Å²) in [5.41, 5.74) is 0. The van der Waals surface area contributed by atoms with E-state index in [0.717, 1.165) is 32.1 Å². The fourth-order valence-electron chi connectivity index (χ4n) is 2.24. The second-order valence-corrected chi connectivity index (χ2v) is 5.02. The Morgan fingerprint density at radius 3 is 3.06 bits per heavy atom. The molecule has 2 N–H and O–H groups in total. The minimum atomic E-state index is -0.418. The van der Waals surface area contributed by atoms with Crippen molar-refractivity contribution >= 4 is 5.91 Å². The molecule has 1 rings (SSSR count). The molecule has 104 valence electrons. The number of carbonyl (C=O) groups excluding carboxylic acids is 1. The predicted octanol–water partition coefficient (Wildman–Crippen LogP) is 1.63. The van der Waals surface area contributed by atoms with Crippen LogP contribution in [0, 0.1) is 5.92 Å². The maximum atomic E-state index is 11.7. The van der Waals surface area contributed by atoms with Crippen molar-refractivity contribution in [3.05, 3.63) is 12.7 Å². The number of carbonyl (C=O) groups is 1. The van der Waals surface area contributed by atoms with E-state index >= 15 is 0 Å². The van der Waals surface area contributed by atoms with Crippen molar-refractivity contribution < 1.29 is 14.6 Å². The number of hydrogen-bond donors (Lipinski definition) is 2. The Labute approximate surface area is 109 Å². The third-order valence-corrected chi connectivity index (χ3v) is 3.38. The number of ether oxygens (including phenoxy) is 1. The quantitative estimate of drug-likeness (QED) is 0.537. The molecule has 0 aromatic carbocycles. The number of aliphatic hydroxyl groups is 1. The van der Waals surface area contributed by atoms with Crippen molar-refractivity contribution in [2.75, 3.05) is 13.2 Å². The maximum Gasteiger partial charge on any atom is 0.248 e. The van der Waals surface area contributed by atoms with E-state index in [1.807, 2.05) is 0 Å². The highest BCUT2D eigenvalue weighted by Crippen LogP contribution is 2.23. The molecule has 0 radical (unpaired) electrons. The largest absolute Gasteiger partial charge is 0.393 e. The lowest BCUT2D eigenvalue weighted by Crippen LogP contribution is -2.39. The zero-order chi connectivity index (χ0) is 13.4. The van der Waals surface area contributed by atoms with Crippen molar-refractivity contribution in [3.8, 4) is 0 Å². The Morgan fingerprint density at radius 2 is 2.39 bits per heavy atom. The second-order valence-electron chi connectivity index (χ2n) is 5.02. The molecule has 0 aliphatic heterocycles. The number of rotatable bonds is 7. The topological polar surface area (TPSA) is 58.6 Å². The molecule has 0 aromatic rings. The zero-order valence-electron chi connectivity index (χ0n) is 11.2. The first-order chi connectivity index (χ1) is 8.63. The molecule has 3 atom stereocenters. The van der Waals surface area contributed by atoms with Crippen molar-refractivity contribution in [2.45, 2.75) is 51.2 Å². The van der Waals surface area contributed by atoms with Crippen LogP contribution in [0.3, 0.4) is 0 Å². The molecule has 18 heavy (non-hydrogen) atoms. The number of aliphatic hydroxyl groups excluding tert-OH is 1. The van der Waals surface area contributed by atoms with E-state index in [2.05, 4.69) is 11.9 Å². The van der Waals surface area contributed by atoms with Gasteiger partial charge in [-0.25, -0.2) is 0 Å². The van der Waals surface area contributed by atoms with Crippen molar-refractivity contribution in [1.29, 1.82) is 0 Å². The molecule has 0 spiro atoms. The summed E-state index contributed by atoms with van der Waals surface area (Å²) in [5, 5.41) is 12.4. The van der Waals surface area contributed by atoms with Crippen LogP contribution in [0.25, 0.3) is 0 Å². The summed E-state index contributed by atoms with van der Waals surface area (Å²) in [6.45, 7) is 6.53. The van der Waals surface area contributed by atoms with Crippen LogP contribution in [-0.4, -0.2) is 36.4 Å². The van der Waals surface area contributed by atoms with Gasteiger partial charge >= 0.3 is 0 Å². The minimum absolute atomic E-state index is 0.0703. The van der Waals surface area contributed by atoms with Crippen LogP contribution >= 0.6 is 0 Å². The van der Waals surface area contributed by atoms with Gasteiger partial charge in [0.05, 0.1) is 12.7 Å². The minimum Gasteiger partial charge on any atom is -0.393 e. The van der Waals surface area contributed by atoms with Gasteiger partial charge in [0.15, 0.2) is 0 Å². The van der Waals surface area contributed by atoms with Gasteiger partial charge in [0, 0.05) is 6.54 Å². The molecule has 0 saturated heterocycles. The Kier molecular flexibility index (Phi) is 6.98. The summed E-state index contributed by atoms with van der Waals surface area (Å²) in [4.78, 5) is 11.7. The van der Waals surface area contributed by atoms with E-state index < -0.39 is 6.10 Å². The third-order valence-electron chi connectivity index (χ3n) is 3.38. The monoisotopic (exact) mass is 255 g/mol. The first kappa shape index (κ1) is 15.2. The van der Waals surface area contributed by atoms with E-state index in [-0.39, 0.29) is 12.0 Å². The van der Waals surface area contributed by atoms with Crippen molar-refractivity contribution in [3.63, 3.8) is 0 Å². The molecule has 1 aliphatic rings. The maximum absolute atomic E-state index is 11.7. The van der Waals surface area contributed by atoms with E-state index in [0.29, 0.717) is 19.1 Å². The molecule has 0 bridgehead atoms. The average molecular weight is 255 g/mol. The predicted molar refractivity (Wildman–Crippen MR) is 71.2 cm³/mol. The molecule has 1 saturated carbocycles. The molecule has 0 heterocycles. The fourth-order valence-corrected chi connectivity index (χ4v) is 2.24. The lowest BCUT2D eigenvalue weighted by molar-refractivity contribution is -0.131. The molecule has 1 fully saturated rings. The van der Waals surface area contributed by atoms with Gasteiger partial charge in [-0.05, 0) is 38.5 Å². The van der Waals surface area contributed by atoms with Crippen LogP contribution in [0.4, 0.5) is 0 Å². The van der Waals surface area contributed by atoms with Crippen LogP contribution < -0.4 is 5.32 Å². The van der Waals surface area contributed by atoms with E-state index in [1.165, 1.54) is 0 Å². The highest BCUT2D eigenvalue weighted by molar-refractivity contribution is 5.80. The van der Waals surface area contributed by atoms with Gasteiger partial charge in [-0.15, -0.1) is 6.58 Å². The first-order valence-corrected chi connectivity index (χ1v) is 6.81. The molecule has 1 amide bonds. The van der Waals surface area contributed by atoms with Gasteiger partial charge in [0.1, 0.15) is 6.10 Å². The van der Waals surface area contributed by atoms with E-state index in [4.69, 9.17) is 4.74 Å². The summed E-state index contributed by atoms with van der Waals surface area (Å²) in [6.07, 6.45) is 5.74. The van der Waals surface area contributed by atoms with Crippen LogP contribution in [0.15, 0.2) is 12.7 Å². The van der Waals surface area contributed by atoms with E-state index in [1.54, 1.807) is 13.0 Å². The molecule has 3 unspecified atom stereocenters. The summed E-state index contributed by atoms with van der Waals surface area (Å²) < 4.78 is 5.37. The molecule has 1 aliphatic carbocycles. The summed E-state index contributed by atoms with van der Waals surface area (Å²) >= 11 is 0. The Bertz CT molecular complexity index is 268. The SMILES string of the molecule is C=CCCOC(C)C(=O)NCC1CCCC(O)C1. The molecule has 4 nitrogen and oxygen atoms in total. The lowest BCUT2D eigenvalue weighted by Gasteiger charge is -2.26. The summed E-state index contributed by atoms with van der Waals surface area (Å²) in [6, 6.07) is 0. The van der Waals surface area contributed by atoms with E-state index in [9.17, 15) is 9.90 Å². The lowest BCUT2D eigenvalue weighted by atomic mass is 9.87. The Morgan fingerprint density at radius 1 is 1.61 bits per heavy atom. The molecular weight excluding hydrogens is 230 g/mol. The smallest absolute Gasteiger partial charge is 0.248 e. The summed E-state index contributed by atoms with van der Waals surface area (Å²) in [5.74, 6) is 0.331. The van der Waals surface area contributed by atoms with Gasteiger partial charge in [0.25, 0.3) is 0 Å².